The number of nitrogens with zero attached hydrogens (tertiary/aromatic N) is 8. The normalized spacial score (nSPS) is 13.3. The van der Waals surface area contributed by atoms with Crippen molar-refractivity contribution in [2.45, 2.75) is 33.4 Å². The van der Waals surface area contributed by atoms with Crippen LogP contribution in [0, 0.1) is 6.92 Å². The fourth-order valence-corrected chi connectivity index (χ4v) is 5.67. The Morgan fingerprint density at radius 2 is 1.78 bits per heavy atom. The topological polar surface area (TPSA) is 214 Å². The molecule has 0 radical (unpaired) electrons. The number of benzene rings is 1. The molecule has 0 atom stereocenters. The summed E-state index contributed by atoms with van der Waals surface area (Å²) >= 11 is 0. The highest BCUT2D eigenvalue weighted by Crippen LogP contribution is 2.31. The number of methoxy groups -OCH3 is 1. The lowest BCUT2D eigenvalue weighted by atomic mass is 10.1. The number of ether oxygens (including phenoxy) is 2. The van der Waals surface area contributed by atoms with Crippen molar-refractivity contribution in [3.05, 3.63) is 63.3 Å². The number of aryl methyl sites for hydroxylation is 4. The number of fused-ring (bicyclic) bond motifs is 1. The molecule has 4 amide bonds. The van der Waals surface area contributed by atoms with Crippen LogP contribution < -0.4 is 26.7 Å². The Kier molecular flexibility index (Phi) is 11.1. The molecular weight excluding hydrogens is 650 g/mol. The molecule has 5 rings (SSSR count). The van der Waals surface area contributed by atoms with Gasteiger partial charge in [-0.1, -0.05) is 0 Å². The van der Waals surface area contributed by atoms with Crippen molar-refractivity contribution in [1.82, 2.24) is 44.2 Å². The zero-order valence-electron chi connectivity index (χ0n) is 28.5. The Bertz CT molecular complexity index is 1960. The number of anilines is 1. The first-order valence-electron chi connectivity index (χ1n) is 16.2. The first-order chi connectivity index (χ1) is 24.0. The summed E-state index contributed by atoms with van der Waals surface area (Å²) in [4.78, 5) is 70.4. The highest BCUT2D eigenvalue weighted by Gasteiger charge is 2.24. The molecule has 18 nitrogen and oxygen atoms in total. The standard InChI is InChI=1S/C32H41N11O7/c1-5-43-24(17-20(2)37-43)29(46)36-31-35-23-18-21(28(33)45)19-25(49-4)27(23)42(31)10-6-9-34-32(48)50-16-15-40-11-13-41(14-12-40)30(47)22-7-8-26(44)39(3)38-22/h7-8,17-19H,5-6,9-16H2,1-4H3,(H2,33,45)(H,34,48)(H,35,36,46). The second-order valence-electron chi connectivity index (χ2n) is 11.7. The molecule has 4 aromatic rings. The summed E-state index contributed by atoms with van der Waals surface area (Å²) in [5.74, 6) is -0.721. The molecule has 0 unspecified atom stereocenters. The van der Waals surface area contributed by atoms with Crippen LogP contribution in [0.2, 0.25) is 0 Å². The van der Waals surface area contributed by atoms with Crippen molar-refractivity contribution in [3.63, 3.8) is 0 Å². The molecule has 0 spiro atoms. The molecule has 3 aromatic heterocycles. The molecule has 0 bridgehead atoms. The molecule has 50 heavy (non-hydrogen) atoms. The summed E-state index contributed by atoms with van der Waals surface area (Å²) < 4.78 is 15.4. The fraction of sp³-hybridized carbons (Fsp3) is 0.438. The number of hydrogen-bond acceptors (Lipinski definition) is 11. The van der Waals surface area contributed by atoms with Gasteiger partial charge in [0.15, 0.2) is 0 Å². The highest BCUT2D eigenvalue weighted by atomic mass is 16.5. The van der Waals surface area contributed by atoms with E-state index in [1.165, 1.54) is 38.4 Å². The maximum atomic E-state index is 13.3. The molecule has 0 aliphatic carbocycles. The second-order valence-corrected chi connectivity index (χ2v) is 11.7. The Morgan fingerprint density at radius 3 is 2.46 bits per heavy atom. The maximum absolute atomic E-state index is 13.3. The number of primary amides is 1. The molecular formula is C32H41N11O7. The van der Waals surface area contributed by atoms with Gasteiger partial charge in [-0.25, -0.2) is 14.5 Å². The average Bonchev–Trinajstić information content (AvgIpc) is 3.66. The number of aromatic nitrogens is 6. The number of piperazine rings is 1. The molecule has 1 aliphatic rings. The van der Waals surface area contributed by atoms with Gasteiger partial charge in [-0.2, -0.15) is 10.2 Å². The molecule has 1 saturated heterocycles. The lowest BCUT2D eigenvalue weighted by Crippen LogP contribution is -2.49. The van der Waals surface area contributed by atoms with Crippen molar-refractivity contribution in [3.8, 4) is 5.75 Å². The maximum Gasteiger partial charge on any atom is 0.407 e. The molecule has 1 aliphatic heterocycles. The van der Waals surface area contributed by atoms with Gasteiger partial charge in [0.25, 0.3) is 17.4 Å². The van der Waals surface area contributed by atoms with Gasteiger partial charge < -0.3 is 30.0 Å². The van der Waals surface area contributed by atoms with E-state index in [0.717, 1.165) is 4.68 Å². The summed E-state index contributed by atoms with van der Waals surface area (Å²) in [5, 5.41) is 14.0. The van der Waals surface area contributed by atoms with E-state index in [0.29, 0.717) is 80.4 Å². The van der Waals surface area contributed by atoms with Crippen LogP contribution in [0.15, 0.2) is 35.1 Å². The number of nitrogens with one attached hydrogen (secondary N) is 2. The number of carbonyl (C=O) groups excluding carboxylic acids is 4. The lowest BCUT2D eigenvalue weighted by molar-refractivity contribution is 0.0593. The van der Waals surface area contributed by atoms with Crippen LogP contribution in [-0.2, 0) is 24.9 Å². The van der Waals surface area contributed by atoms with E-state index in [9.17, 15) is 24.0 Å². The summed E-state index contributed by atoms with van der Waals surface area (Å²) in [6.45, 7) is 7.60. The summed E-state index contributed by atoms with van der Waals surface area (Å²) in [6, 6.07) is 7.49. The van der Waals surface area contributed by atoms with E-state index in [1.807, 2.05) is 6.92 Å². The fourth-order valence-electron chi connectivity index (χ4n) is 5.67. The molecule has 1 fully saturated rings. The number of rotatable bonds is 13. The van der Waals surface area contributed by atoms with Crippen molar-refractivity contribution in [2.24, 2.45) is 12.8 Å². The summed E-state index contributed by atoms with van der Waals surface area (Å²) in [7, 11) is 2.96. The van der Waals surface area contributed by atoms with Gasteiger partial charge in [0.2, 0.25) is 11.9 Å². The van der Waals surface area contributed by atoms with E-state index >= 15 is 0 Å². The van der Waals surface area contributed by atoms with Crippen molar-refractivity contribution < 1.29 is 28.7 Å². The predicted molar refractivity (Wildman–Crippen MR) is 181 cm³/mol. The second kappa shape index (κ2) is 15.6. The van der Waals surface area contributed by atoms with Crippen molar-refractivity contribution in [1.29, 1.82) is 0 Å². The first kappa shape index (κ1) is 35.5. The van der Waals surface area contributed by atoms with Crippen LogP contribution in [0.25, 0.3) is 11.0 Å². The number of imidazole rings is 1. The third-order valence-corrected chi connectivity index (χ3v) is 8.28. The Hall–Kier alpha value is -5.78. The quantitative estimate of drug-likeness (QED) is 0.165. The number of alkyl carbamates (subject to hydrolysis) is 1. The van der Waals surface area contributed by atoms with Crippen molar-refractivity contribution in [2.75, 3.05) is 58.3 Å². The van der Waals surface area contributed by atoms with Gasteiger partial charge in [0.1, 0.15) is 29.3 Å². The average molecular weight is 692 g/mol. The molecule has 4 heterocycles. The van der Waals surface area contributed by atoms with Gasteiger partial charge in [-0.15, -0.1) is 0 Å². The zero-order valence-corrected chi connectivity index (χ0v) is 28.5. The van der Waals surface area contributed by atoms with Gasteiger partial charge in [0, 0.05) is 71.0 Å². The van der Waals surface area contributed by atoms with Crippen molar-refractivity contribution >= 4 is 40.8 Å². The van der Waals surface area contributed by atoms with Gasteiger partial charge in [0.05, 0.1) is 18.3 Å². The molecule has 266 valence electrons. The minimum absolute atomic E-state index is 0.164. The molecule has 0 saturated carbocycles. The summed E-state index contributed by atoms with van der Waals surface area (Å²) in [5.41, 5.74) is 7.67. The Balaban J connectivity index is 1.13. The smallest absolute Gasteiger partial charge is 0.407 e. The summed E-state index contributed by atoms with van der Waals surface area (Å²) in [6.07, 6.45) is -0.133. The minimum atomic E-state index is -0.650. The molecule has 18 heteroatoms. The van der Waals surface area contributed by atoms with E-state index in [-0.39, 0.29) is 41.8 Å². The highest BCUT2D eigenvalue weighted by molar-refractivity contribution is 6.04. The van der Waals surface area contributed by atoms with Crippen LogP contribution in [0.3, 0.4) is 0 Å². The van der Waals surface area contributed by atoms with Crippen LogP contribution in [0.4, 0.5) is 10.7 Å². The number of carbonyl (C=O) groups is 4. The number of hydrogen-bond donors (Lipinski definition) is 3. The van der Waals surface area contributed by atoms with E-state index in [1.54, 1.807) is 27.1 Å². The van der Waals surface area contributed by atoms with Gasteiger partial charge >= 0.3 is 6.09 Å². The van der Waals surface area contributed by atoms with Crippen LogP contribution >= 0.6 is 0 Å². The van der Waals surface area contributed by atoms with Crippen LogP contribution in [-0.4, -0.2) is 116 Å². The zero-order chi connectivity index (χ0) is 35.9. The third-order valence-electron chi connectivity index (χ3n) is 8.28. The Morgan fingerprint density at radius 1 is 1.02 bits per heavy atom. The monoisotopic (exact) mass is 691 g/mol. The van der Waals surface area contributed by atoms with Gasteiger partial charge in [-0.05, 0) is 44.5 Å². The lowest BCUT2D eigenvalue weighted by Gasteiger charge is -2.34. The van der Waals surface area contributed by atoms with Crippen LogP contribution in [0.5, 0.6) is 5.75 Å². The van der Waals surface area contributed by atoms with E-state index < -0.39 is 17.9 Å². The molecule has 4 N–H and O–H groups in total. The predicted octanol–water partition coefficient (Wildman–Crippen LogP) is 0.589. The van der Waals surface area contributed by atoms with E-state index in [2.05, 4.69) is 30.7 Å². The van der Waals surface area contributed by atoms with Gasteiger partial charge in [-0.3, -0.25) is 34.1 Å². The van der Waals surface area contributed by atoms with E-state index in [4.69, 9.17) is 15.2 Å². The third kappa shape index (κ3) is 8.08. The number of nitrogens with two attached hydrogens (primary N) is 1. The first-order valence-corrected chi connectivity index (χ1v) is 16.2. The molecule has 1 aromatic carbocycles. The SMILES string of the molecule is CCn1nc(C)cc1C(=O)Nc1nc2cc(C(N)=O)cc(OC)c2n1CCCNC(=O)OCCN1CCN(C(=O)c2ccc(=O)n(C)n2)CC1. The Labute approximate surface area is 287 Å². The minimum Gasteiger partial charge on any atom is -0.494 e. The largest absolute Gasteiger partial charge is 0.494 e. The van der Waals surface area contributed by atoms with Crippen LogP contribution in [0.1, 0.15) is 50.4 Å². The number of amides is 4.